The summed E-state index contributed by atoms with van der Waals surface area (Å²) >= 11 is 0. The maximum absolute atomic E-state index is 10.8. The Morgan fingerprint density at radius 2 is 2.27 bits per heavy atom. The van der Waals surface area contributed by atoms with E-state index in [0.29, 0.717) is 3.97 Å². The zero-order valence-corrected chi connectivity index (χ0v) is 6.02. The minimum atomic E-state index is -3.91. The Kier molecular flexibility index (Phi) is 1.84. The summed E-state index contributed by atoms with van der Waals surface area (Å²) in [6.45, 7) is 0. The van der Waals surface area contributed by atoms with E-state index in [1.807, 2.05) is 0 Å². The molecule has 11 heavy (non-hydrogen) atoms. The predicted octanol–water partition coefficient (Wildman–Crippen LogP) is -0.688. The number of hydrogen-bond donors (Lipinski definition) is 0. The topological polar surface area (TPSA) is 81.4 Å². The lowest BCUT2D eigenvalue weighted by molar-refractivity contribution is 0.562. The molecule has 0 radical (unpaired) electrons. The Balaban J connectivity index is 3.22. The van der Waals surface area contributed by atoms with Crippen molar-refractivity contribution in [2.24, 2.45) is 4.40 Å². The molecule has 0 saturated carbocycles. The van der Waals surface area contributed by atoms with Gasteiger partial charge in [0.25, 0.3) is 6.08 Å². The molecule has 0 fully saturated rings. The van der Waals surface area contributed by atoms with Crippen LogP contribution < -0.4 is 0 Å². The molecule has 0 amide bonds. The van der Waals surface area contributed by atoms with Gasteiger partial charge in [0, 0.05) is 12.4 Å². The number of hydrogen-bond acceptors (Lipinski definition) is 4. The molecule has 1 aromatic rings. The van der Waals surface area contributed by atoms with Crippen molar-refractivity contribution >= 4 is 16.3 Å². The molecule has 0 aromatic carbocycles. The molecule has 0 atom stereocenters. The van der Waals surface area contributed by atoms with Crippen LogP contribution in [0.4, 0.5) is 0 Å². The first-order valence-electron chi connectivity index (χ1n) is 2.49. The second-order valence-corrected chi connectivity index (χ2v) is 3.05. The number of isocyanates is 1. The van der Waals surface area contributed by atoms with Crippen LogP contribution in [0.5, 0.6) is 0 Å². The fourth-order valence-electron chi connectivity index (χ4n) is 0.478. The summed E-state index contributed by atoms with van der Waals surface area (Å²) in [6.07, 6.45) is 4.38. The van der Waals surface area contributed by atoms with Crippen molar-refractivity contribution in [3.8, 4) is 0 Å². The molecule has 0 unspecified atom stereocenters. The van der Waals surface area contributed by atoms with E-state index < -0.39 is 10.2 Å². The molecule has 1 rings (SSSR count). The van der Waals surface area contributed by atoms with Crippen LogP contribution in [0.2, 0.25) is 0 Å². The lowest BCUT2D eigenvalue weighted by Gasteiger charge is -1.91. The van der Waals surface area contributed by atoms with Gasteiger partial charge in [-0.05, 0) is 0 Å². The largest absolute Gasteiger partial charge is 0.359 e. The van der Waals surface area contributed by atoms with Crippen LogP contribution in [0.3, 0.4) is 0 Å². The van der Waals surface area contributed by atoms with Crippen molar-refractivity contribution in [2.45, 2.75) is 0 Å². The molecular weight excluding hydrogens is 170 g/mol. The van der Waals surface area contributed by atoms with Crippen LogP contribution in [-0.2, 0) is 15.0 Å². The number of carbonyl (C=O) groups excluding carboxylic acids is 1. The normalized spacial score (nSPS) is 10.5. The van der Waals surface area contributed by atoms with Crippen molar-refractivity contribution in [1.82, 2.24) is 8.96 Å². The zero-order valence-electron chi connectivity index (χ0n) is 5.21. The first-order chi connectivity index (χ1) is 5.17. The Bertz CT molecular complexity index is 373. The van der Waals surface area contributed by atoms with Crippen LogP contribution in [0.25, 0.3) is 0 Å². The highest BCUT2D eigenvalue weighted by atomic mass is 32.2. The van der Waals surface area contributed by atoms with Gasteiger partial charge >= 0.3 is 10.2 Å². The summed E-state index contributed by atoms with van der Waals surface area (Å²) in [5, 5.41) is 0. The Morgan fingerprint density at radius 3 is 2.73 bits per heavy atom. The van der Waals surface area contributed by atoms with Gasteiger partial charge in [-0.3, -0.25) is 0 Å². The maximum atomic E-state index is 10.8. The fourth-order valence-corrected chi connectivity index (χ4v) is 1.05. The molecule has 0 spiro atoms. The summed E-state index contributed by atoms with van der Waals surface area (Å²) < 4.78 is 24.9. The second-order valence-electron chi connectivity index (χ2n) is 1.55. The molecule has 58 valence electrons. The zero-order chi connectivity index (χ0) is 8.32. The number of rotatable bonds is 2. The average Bonchev–Trinajstić information content (AvgIpc) is 2.37. The highest BCUT2D eigenvalue weighted by molar-refractivity contribution is 7.88. The van der Waals surface area contributed by atoms with Crippen LogP contribution in [0.1, 0.15) is 0 Å². The molecule has 0 N–H and O–H groups in total. The molecule has 0 bridgehead atoms. The number of nitrogens with zero attached hydrogens (tertiary/aromatic N) is 3. The van der Waals surface area contributed by atoms with Crippen molar-refractivity contribution in [2.75, 3.05) is 0 Å². The lowest BCUT2D eigenvalue weighted by atomic mass is 11.0. The molecule has 7 heteroatoms. The van der Waals surface area contributed by atoms with E-state index >= 15 is 0 Å². The van der Waals surface area contributed by atoms with Gasteiger partial charge in [-0.1, -0.05) is 4.40 Å². The van der Waals surface area contributed by atoms with Crippen LogP contribution >= 0.6 is 0 Å². The van der Waals surface area contributed by atoms with E-state index in [2.05, 4.69) is 9.38 Å². The van der Waals surface area contributed by atoms with E-state index in [1.54, 1.807) is 0 Å². The molecule has 1 heterocycles. The van der Waals surface area contributed by atoms with Crippen molar-refractivity contribution in [1.29, 1.82) is 0 Å². The molecule has 1 aromatic heterocycles. The standard InChI is InChI=1S/C4H3N3O3S/c8-4-6-11(9,10)7-2-1-5-3-7/h1-3H. The second kappa shape index (κ2) is 2.65. The van der Waals surface area contributed by atoms with Gasteiger partial charge in [-0.15, -0.1) is 0 Å². The molecule has 0 aliphatic carbocycles. The first kappa shape index (κ1) is 7.64. The van der Waals surface area contributed by atoms with Crippen molar-refractivity contribution in [3.63, 3.8) is 0 Å². The van der Waals surface area contributed by atoms with Crippen LogP contribution in [0.15, 0.2) is 23.1 Å². The van der Waals surface area contributed by atoms with E-state index in [4.69, 9.17) is 0 Å². The van der Waals surface area contributed by atoms with E-state index in [-0.39, 0.29) is 0 Å². The van der Waals surface area contributed by atoms with Gasteiger partial charge in [0.15, 0.2) is 0 Å². The maximum Gasteiger partial charge on any atom is 0.359 e. The summed E-state index contributed by atoms with van der Waals surface area (Å²) in [5.74, 6) is 0. The molecule has 0 aliphatic rings. The van der Waals surface area contributed by atoms with Gasteiger partial charge < -0.3 is 0 Å². The van der Waals surface area contributed by atoms with Gasteiger partial charge in [0.05, 0.1) is 0 Å². The number of imidazole rings is 1. The third kappa shape index (κ3) is 1.51. The van der Waals surface area contributed by atoms with Crippen molar-refractivity contribution < 1.29 is 13.2 Å². The Morgan fingerprint density at radius 1 is 1.55 bits per heavy atom. The first-order valence-corrected chi connectivity index (χ1v) is 3.89. The molecule has 0 aliphatic heterocycles. The monoisotopic (exact) mass is 173 g/mol. The average molecular weight is 173 g/mol. The number of aromatic nitrogens is 2. The molecular formula is C4H3N3O3S. The summed E-state index contributed by atoms with van der Waals surface area (Å²) in [6, 6.07) is 0. The summed E-state index contributed by atoms with van der Waals surface area (Å²) in [7, 11) is -3.91. The summed E-state index contributed by atoms with van der Waals surface area (Å²) in [4.78, 5) is 13.1. The van der Waals surface area contributed by atoms with Crippen molar-refractivity contribution in [3.05, 3.63) is 18.7 Å². The Labute approximate surface area is 62.4 Å². The van der Waals surface area contributed by atoms with E-state index in [9.17, 15) is 13.2 Å². The van der Waals surface area contributed by atoms with Crippen LogP contribution in [-0.4, -0.2) is 23.5 Å². The highest BCUT2D eigenvalue weighted by Crippen LogP contribution is 1.95. The van der Waals surface area contributed by atoms with Gasteiger partial charge in [-0.25, -0.2) is 13.8 Å². The quantitative estimate of drug-likeness (QED) is 0.438. The van der Waals surface area contributed by atoms with Gasteiger partial charge in [-0.2, -0.15) is 8.42 Å². The minimum absolute atomic E-state index is 0.706. The van der Waals surface area contributed by atoms with E-state index in [0.717, 1.165) is 18.6 Å². The van der Waals surface area contributed by atoms with Crippen LogP contribution in [0, 0.1) is 0 Å². The lowest BCUT2D eigenvalue weighted by Crippen LogP contribution is -2.05. The van der Waals surface area contributed by atoms with Gasteiger partial charge in [0.2, 0.25) is 0 Å². The third-order valence-corrected chi connectivity index (χ3v) is 1.95. The summed E-state index contributed by atoms with van der Waals surface area (Å²) in [5.41, 5.74) is 0. The fraction of sp³-hybridized carbons (Fsp3) is 0. The smallest absolute Gasteiger partial charge is 0.244 e. The van der Waals surface area contributed by atoms with E-state index in [1.165, 1.54) is 6.20 Å². The highest BCUT2D eigenvalue weighted by Gasteiger charge is 2.08. The third-order valence-electron chi connectivity index (χ3n) is 0.899. The predicted molar refractivity (Wildman–Crippen MR) is 34.7 cm³/mol. The Hall–Kier alpha value is -1.46. The minimum Gasteiger partial charge on any atom is -0.244 e. The van der Waals surface area contributed by atoms with Gasteiger partial charge in [0.1, 0.15) is 6.33 Å². The SMILES string of the molecule is O=C=NS(=O)(=O)n1ccnc1. The molecule has 0 saturated heterocycles. The molecule has 6 nitrogen and oxygen atoms in total.